The van der Waals surface area contributed by atoms with E-state index in [4.69, 9.17) is 11.3 Å². The highest BCUT2D eigenvalue weighted by Crippen LogP contribution is 2.26. The topological polar surface area (TPSA) is 94.0 Å². The van der Waals surface area contributed by atoms with E-state index in [1.807, 2.05) is 17.6 Å². The van der Waals surface area contributed by atoms with Crippen LogP contribution in [0.2, 0.25) is 0 Å². The minimum Gasteiger partial charge on any atom is -0.368 e. The van der Waals surface area contributed by atoms with Gasteiger partial charge in [-0.05, 0) is 30.0 Å². The third-order valence-electron chi connectivity index (χ3n) is 4.67. The lowest BCUT2D eigenvalue weighted by molar-refractivity contribution is 0.249. The Balaban J connectivity index is 1.76. The van der Waals surface area contributed by atoms with E-state index in [0.717, 1.165) is 55.4 Å². The normalized spacial score (nSPS) is 15.7. The minimum absolute atomic E-state index is 0.105. The summed E-state index contributed by atoms with van der Waals surface area (Å²) in [5.41, 5.74) is 3.12. The van der Waals surface area contributed by atoms with Crippen LogP contribution in [-0.4, -0.2) is 41.9 Å². The van der Waals surface area contributed by atoms with Crippen molar-refractivity contribution in [2.24, 2.45) is 22.1 Å². The average Bonchev–Trinajstić information content (AvgIpc) is 3.15. The fraction of sp³-hybridized carbons (Fsp3) is 0.474. The standard InChI is InChI=1S/C19H27N7S/c1-14(2)11-15-3-4-16(19(20)23-24-21)17(12-15)26-8-6-25(7-9-26)13-18-22-5-10-27-18/h3-5,10,12,14H,6-9,11,13H2,1-2H3,(H3,20,21,23). The zero-order valence-electron chi connectivity index (χ0n) is 15.9. The number of thiazole rings is 1. The van der Waals surface area contributed by atoms with Crippen molar-refractivity contribution in [2.45, 2.75) is 26.8 Å². The molecule has 3 rings (SSSR count). The van der Waals surface area contributed by atoms with Crippen LogP contribution in [0.15, 0.2) is 40.1 Å². The van der Waals surface area contributed by atoms with Crippen molar-refractivity contribution in [1.82, 2.24) is 9.88 Å². The second-order valence-corrected chi connectivity index (χ2v) is 8.18. The molecule has 0 bridgehead atoms. The monoisotopic (exact) mass is 385 g/mol. The first-order valence-corrected chi connectivity index (χ1v) is 10.1. The highest BCUT2D eigenvalue weighted by atomic mass is 32.1. The first kappa shape index (κ1) is 19.4. The number of amidine groups is 1. The number of hydrogen-bond donors (Lipinski definition) is 2. The van der Waals surface area contributed by atoms with E-state index in [1.54, 1.807) is 11.3 Å². The van der Waals surface area contributed by atoms with E-state index < -0.39 is 0 Å². The number of nitrogens with zero attached hydrogens (tertiary/aromatic N) is 5. The Kier molecular flexibility index (Phi) is 6.52. The van der Waals surface area contributed by atoms with Gasteiger partial charge in [-0.15, -0.1) is 16.5 Å². The number of rotatable bonds is 6. The molecule has 7 nitrogen and oxygen atoms in total. The Hall–Kier alpha value is -2.32. The summed E-state index contributed by atoms with van der Waals surface area (Å²) >= 11 is 1.70. The smallest absolute Gasteiger partial charge is 0.178 e. The molecule has 1 aliphatic rings. The fourth-order valence-electron chi connectivity index (χ4n) is 3.42. The number of nitrogens with one attached hydrogen (secondary N) is 1. The number of piperazine rings is 1. The van der Waals surface area contributed by atoms with Crippen LogP contribution >= 0.6 is 11.3 Å². The molecule has 2 aromatic rings. The zero-order valence-corrected chi connectivity index (χ0v) is 16.7. The molecule has 1 aromatic carbocycles. The Bertz CT molecular complexity index is 777. The Labute approximate surface area is 164 Å². The molecule has 0 atom stereocenters. The first-order valence-electron chi connectivity index (χ1n) is 9.25. The van der Waals surface area contributed by atoms with Crippen molar-refractivity contribution in [3.05, 3.63) is 45.9 Å². The average molecular weight is 386 g/mol. The van der Waals surface area contributed by atoms with E-state index in [-0.39, 0.29) is 5.84 Å². The molecule has 1 aliphatic heterocycles. The van der Waals surface area contributed by atoms with Gasteiger partial charge in [0.2, 0.25) is 0 Å². The molecule has 8 heteroatoms. The van der Waals surface area contributed by atoms with Crippen molar-refractivity contribution in [3.8, 4) is 0 Å². The van der Waals surface area contributed by atoms with Gasteiger partial charge in [0.1, 0.15) is 5.01 Å². The summed E-state index contributed by atoms with van der Waals surface area (Å²) in [6.45, 7) is 9.11. The van der Waals surface area contributed by atoms with Crippen LogP contribution < -0.4 is 10.7 Å². The maximum absolute atomic E-state index is 8.19. The van der Waals surface area contributed by atoms with Gasteiger partial charge in [0.15, 0.2) is 5.84 Å². The van der Waals surface area contributed by atoms with Gasteiger partial charge < -0.3 is 10.7 Å². The maximum atomic E-state index is 8.19. The number of anilines is 1. The summed E-state index contributed by atoms with van der Waals surface area (Å²) in [5.74, 6) is 5.86. The van der Waals surface area contributed by atoms with Crippen LogP contribution in [0.3, 0.4) is 0 Å². The molecule has 1 saturated heterocycles. The van der Waals surface area contributed by atoms with Crippen molar-refractivity contribution in [3.63, 3.8) is 0 Å². The number of hydrogen-bond acceptors (Lipinski definition) is 6. The molecule has 27 heavy (non-hydrogen) atoms. The summed E-state index contributed by atoms with van der Waals surface area (Å²) in [4.78, 5) is 9.16. The van der Waals surface area contributed by atoms with Crippen LogP contribution in [0.25, 0.3) is 0 Å². The van der Waals surface area contributed by atoms with E-state index in [2.05, 4.69) is 51.1 Å². The Morgan fingerprint density at radius 3 is 2.70 bits per heavy atom. The van der Waals surface area contributed by atoms with Crippen molar-refractivity contribution >= 4 is 22.9 Å². The largest absolute Gasteiger partial charge is 0.368 e. The third-order valence-corrected chi connectivity index (χ3v) is 5.44. The van der Waals surface area contributed by atoms with Gasteiger partial charge >= 0.3 is 0 Å². The summed E-state index contributed by atoms with van der Waals surface area (Å²) < 4.78 is 0. The van der Waals surface area contributed by atoms with Crippen molar-refractivity contribution in [2.75, 3.05) is 31.1 Å². The molecule has 0 unspecified atom stereocenters. The second-order valence-electron chi connectivity index (χ2n) is 7.20. The lowest BCUT2D eigenvalue weighted by atomic mass is 9.99. The summed E-state index contributed by atoms with van der Waals surface area (Å²) in [7, 11) is 0. The van der Waals surface area contributed by atoms with Gasteiger partial charge in [-0.3, -0.25) is 10.3 Å². The van der Waals surface area contributed by atoms with Gasteiger partial charge in [0.25, 0.3) is 0 Å². The number of aromatic nitrogens is 1. The van der Waals surface area contributed by atoms with Gasteiger partial charge in [-0.2, -0.15) is 0 Å². The highest BCUT2D eigenvalue weighted by molar-refractivity contribution is 7.09. The van der Waals surface area contributed by atoms with Crippen LogP contribution in [-0.2, 0) is 13.0 Å². The lowest BCUT2D eigenvalue weighted by Crippen LogP contribution is -2.46. The van der Waals surface area contributed by atoms with Crippen molar-refractivity contribution < 1.29 is 0 Å². The molecule has 0 amide bonds. The van der Waals surface area contributed by atoms with Crippen LogP contribution in [0.4, 0.5) is 5.69 Å². The summed E-state index contributed by atoms with van der Waals surface area (Å²) in [5, 5.41) is 18.4. The molecule has 3 N–H and O–H groups in total. The molecule has 1 fully saturated rings. The molecule has 0 spiro atoms. The summed E-state index contributed by atoms with van der Waals surface area (Å²) in [6, 6.07) is 6.26. The molecular weight excluding hydrogens is 358 g/mol. The first-order chi connectivity index (χ1) is 13.1. The molecule has 0 saturated carbocycles. The molecule has 2 heterocycles. The summed E-state index contributed by atoms with van der Waals surface area (Å²) in [6.07, 6.45) is 2.88. The molecule has 0 aliphatic carbocycles. The van der Waals surface area contributed by atoms with Gasteiger partial charge in [0, 0.05) is 49.0 Å². The molecule has 0 radical (unpaired) electrons. The minimum atomic E-state index is 0.105. The van der Waals surface area contributed by atoms with E-state index in [9.17, 15) is 0 Å². The molecular formula is C19H27N7S. The molecule has 1 aromatic heterocycles. The van der Waals surface area contributed by atoms with E-state index >= 15 is 0 Å². The van der Waals surface area contributed by atoms with Gasteiger partial charge in [-0.1, -0.05) is 25.1 Å². The predicted molar refractivity (Wildman–Crippen MR) is 110 cm³/mol. The predicted octanol–water partition coefficient (Wildman–Crippen LogP) is 3.32. The third kappa shape index (κ3) is 5.11. The second kappa shape index (κ2) is 9.05. The maximum Gasteiger partial charge on any atom is 0.178 e. The fourth-order valence-corrected chi connectivity index (χ4v) is 4.08. The van der Waals surface area contributed by atoms with Crippen molar-refractivity contribution in [1.29, 1.82) is 5.41 Å². The number of benzene rings is 1. The lowest BCUT2D eigenvalue weighted by Gasteiger charge is -2.36. The van der Waals surface area contributed by atoms with Crippen LogP contribution in [0.5, 0.6) is 0 Å². The zero-order chi connectivity index (χ0) is 19.2. The highest BCUT2D eigenvalue weighted by Gasteiger charge is 2.21. The van der Waals surface area contributed by atoms with E-state index in [0.29, 0.717) is 5.92 Å². The van der Waals surface area contributed by atoms with E-state index in [1.165, 1.54) is 5.56 Å². The SMILES string of the molecule is CC(C)Cc1ccc(C(=N)N=NN)c(N2CCN(Cc3nccs3)CC2)c1. The van der Waals surface area contributed by atoms with Gasteiger partial charge in [-0.25, -0.2) is 4.98 Å². The Morgan fingerprint density at radius 2 is 2.07 bits per heavy atom. The van der Waals surface area contributed by atoms with Gasteiger partial charge in [0.05, 0.1) is 6.54 Å². The van der Waals surface area contributed by atoms with Crippen LogP contribution in [0, 0.1) is 11.3 Å². The number of nitrogens with two attached hydrogens (primary N) is 1. The quantitative estimate of drug-likeness (QED) is 0.262. The Morgan fingerprint density at radius 1 is 1.30 bits per heavy atom. The van der Waals surface area contributed by atoms with Crippen LogP contribution in [0.1, 0.15) is 30.0 Å². The molecule has 144 valence electrons.